The number of ether oxygens (including phenoxy) is 1. The first-order chi connectivity index (χ1) is 6.00. The molecule has 0 saturated carbocycles. The molecule has 0 aliphatic heterocycles. The van der Waals surface area contributed by atoms with Gasteiger partial charge in [-0.15, -0.1) is 0 Å². The van der Waals surface area contributed by atoms with E-state index in [0.29, 0.717) is 11.1 Å². The van der Waals surface area contributed by atoms with Crippen molar-refractivity contribution < 1.29 is 12.6 Å². The highest BCUT2D eigenvalue weighted by Gasteiger charge is 2.01. The van der Waals surface area contributed by atoms with Gasteiger partial charge in [-0.1, -0.05) is 0 Å². The number of hydrogen-bond donors (Lipinski definition) is 1. The van der Waals surface area contributed by atoms with Crippen molar-refractivity contribution >= 4 is 0 Å². The highest BCUT2D eigenvalue weighted by molar-refractivity contribution is 5.44. The van der Waals surface area contributed by atoms with E-state index in [-0.39, 0.29) is 23.6 Å². The van der Waals surface area contributed by atoms with Gasteiger partial charge in [0.2, 0.25) is 0 Å². The molecule has 0 aromatic heterocycles. The van der Waals surface area contributed by atoms with Gasteiger partial charge >= 0.3 is 0 Å². The highest BCUT2D eigenvalue weighted by atomic mass is 16.5. The van der Waals surface area contributed by atoms with Gasteiger partial charge in [-0.25, -0.2) is 0 Å². The van der Waals surface area contributed by atoms with E-state index in [9.17, 15) is 5.11 Å². The van der Waals surface area contributed by atoms with E-state index in [1.807, 2.05) is 0 Å². The second-order valence-corrected chi connectivity index (χ2v) is 2.38. The van der Waals surface area contributed by atoms with Crippen LogP contribution in [0.3, 0.4) is 0 Å². The van der Waals surface area contributed by atoms with E-state index < -0.39 is 0 Å². The van der Waals surface area contributed by atoms with Crippen molar-refractivity contribution in [3.05, 3.63) is 23.2 Å². The van der Waals surface area contributed by atoms with Crippen molar-refractivity contribution in [1.82, 2.24) is 0 Å². The summed E-state index contributed by atoms with van der Waals surface area (Å²) in [6, 6.07) is 0.159. The Hall–Kier alpha value is -1.18. The van der Waals surface area contributed by atoms with Crippen LogP contribution >= 0.6 is 0 Å². The Balaban J connectivity index is 3.56. The fourth-order valence-corrected chi connectivity index (χ4v) is 0.874. The van der Waals surface area contributed by atoms with Crippen LogP contribution in [-0.4, -0.2) is 12.2 Å². The van der Waals surface area contributed by atoms with Gasteiger partial charge in [0.25, 0.3) is 0 Å². The Morgan fingerprint density at radius 2 is 1.82 bits per heavy atom. The maximum Gasteiger partial charge on any atom is 0.121 e. The van der Waals surface area contributed by atoms with Gasteiger partial charge in [-0.2, -0.15) is 0 Å². The monoisotopic (exact) mass is 154 g/mol. The van der Waals surface area contributed by atoms with Crippen LogP contribution in [0.1, 0.15) is 13.9 Å². The molecule has 0 spiro atoms. The average molecular weight is 154 g/mol. The van der Waals surface area contributed by atoms with Crippen LogP contribution in [0, 0.1) is 13.8 Å². The number of phenolic OH excluding ortho intramolecular Hbond substituents is 1. The van der Waals surface area contributed by atoms with Crippen LogP contribution in [0.2, 0.25) is 0 Å². The van der Waals surface area contributed by atoms with Crippen molar-refractivity contribution in [2.24, 2.45) is 0 Å². The van der Waals surface area contributed by atoms with Gasteiger partial charge < -0.3 is 9.84 Å². The summed E-state index contributed by atoms with van der Waals surface area (Å²) >= 11 is 0. The van der Waals surface area contributed by atoms with E-state index in [1.165, 1.54) is 7.11 Å². The third kappa shape index (κ3) is 1.45. The maximum atomic E-state index is 9.49. The number of aromatic hydroxyl groups is 1. The molecule has 0 saturated heterocycles. The van der Waals surface area contributed by atoms with Crippen molar-refractivity contribution in [1.29, 1.82) is 0 Å². The standard InChI is InChI=1S/C9H12O2/c1-6-4-8(11-3)5-7(2)9(6)10/h4-5,10H,1-3H3/i4D,5D. The van der Waals surface area contributed by atoms with Gasteiger partial charge in [-0.05, 0) is 37.1 Å². The molecule has 0 aliphatic carbocycles. The van der Waals surface area contributed by atoms with Gasteiger partial charge in [0, 0.05) is 0 Å². The van der Waals surface area contributed by atoms with Crippen molar-refractivity contribution in [2.45, 2.75) is 13.8 Å². The summed E-state index contributed by atoms with van der Waals surface area (Å²) in [7, 11) is 1.42. The zero-order valence-electron chi connectivity index (χ0n) is 8.86. The smallest absolute Gasteiger partial charge is 0.121 e. The third-order valence-electron chi connectivity index (χ3n) is 1.52. The van der Waals surface area contributed by atoms with Gasteiger partial charge in [0.1, 0.15) is 11.5 Å². The molecule has 0 fully saturated rings. The van der Waals surface area contributed by atoms with Crippen LogP contribution in [0.15, 0.2) is 12.1 Å². The summed E-state index contributed by atoms with van der Waals surface area (Å²) in [4.78, 5) is 0. The molecule has 0 unspecified atom stereocenters. The van der Waals surface area contributed by atoms with Crippen molar-refractivity contribution in [3.8, 4) is 11.5 Å². The van der Waals surface area contributed by atoms with Crippen LogP contribution in [0.5, 0.6) is 11.5 Å². The fourth-order valence-electron chi connectivity index (χ4n) is 0.874. The van der Waals surface area contributed by atoms with E-state index in [0.717, 1.165) is 0 Å². The number of phenols is 1. The lowest BCUT2D eigenvalue weighted by molar-refractivity contribution is 0.410. The second-order valence-electron chi connectivity index (χ2n) is 2.38. The summed E-state index contributed by atoms with van der Waals surface area (Å²) in [5, 5.41) is 9.49. The van der Waals surface area contributed by atoms with E-state index in [1.54, 1.807) is 13.8 Å². The van der Waals surface area contributed by atoms with Crippen molar-refractivity contribution in [2.75, 3.05) is 7.11 Å². The third-order valence-corrected chi connectivity index (χ3v) is 1.52. The Morgan fingerprint density at radius 1 is 1.36 bits per heavy atom. The summed E-state index contributed by atoms with van der Waals surface area (Å²) in [6.45, 7) is 3.26. The molecule has 60 valence electrons. The lowest BCUT2D eigenvalue weighted by Gasteiger charge is -2.05. The van der Waals surface area contributed by atoms with E-state index >= 15 is 0 Å². The first-order valence-electron chi connectivity index (χ1n) is 4.34. The van der Waals surface area contributed by atoms with Crippen LogP contribution in [-0.2, 0) is 0 Å². The summed E-state index contributed by atoms with van der Waals surface area (Å²) < 4.78 is 20.0. The van der Waals surface area contributed by atoms with Crippen LogP contribution in [0.25, 0.3) is 0 Å². The minimum Gasteiger partial charge on any atom is -0.507 e. The minimum absolute atomic E-state index is 0.0100. The van der Waals surface area contributed by atoms with Gasteiger partial charge in [0.05, 0.1) is 9.85 Å². The molecular formula is C9H12O2. The molecule has 0 bridgehead atoms. The molecule has 1 aromatic carbocycles. The lowest BCUT2D eigenvalue weighted by Crippen LogP contribution is -1.86. The fraction of sp³-hybridized carbons (Fsp3) is 0.333. The predicted octanol–water partition coefficient (Wildman–Crippen LogP) is 2.02. The summed E-state index contributed by atoms with van der Waals surface area (Å²) in [5.74, 6) is 0.226. The van der Waals surface area contributed by atoms with Gasteiger partial charge in [0.15, 0.2) is 0 Å². The van der Waals surface area contributed by atoms with Crippen molar-refractivity contribution in [3.63, 3.8) is 0 Å². The molecule has 0 amide bonds. The Kier molecular flexibility index (Phi) is 1.40. The second kappa shape index (κ2) is 2.82. The molecule has 1 aromatic rings. The Labute approximate surface area is 69.2 Å². The summed E-state index contributed by atoms with van der Waals surface area (Å²) in [5.41, 5.74) is 0.899. The normalized spacial score (nSPS) is 12.3. The lowest BCUT2D eigenvalue weighted by atomic mass is 10.1. The number of benzene rings is 1. The molecule has 2 heteroatoms. The molecule has 0 heterocycles. The Morgan fingerprint density at radius 3 is 2.18 bits per heavy atom. The molecule has 0 atom stereocenters. The number of methoxy groups -OCH3 is 1. The number of rotatable bonds is 1. The maximum absolute atomic E-state index is 9.49. The molecule has 0 radical (unpaired) electrons. The zero-order chi connectivity index (χ0) is 10.2. The molecule has 11 heavy (non-hydrogen) atoms. The largest absolute Gasteiger partial charge is 0.507 e. The number of hydrogen-bond acceptors (Lipinski definition) is 2. The topological polar surface area (TPSA) is 29.5 Å². The minimum atomic E-state index is 0.0100. The zero-order valence-corrected chi connectivity index (χ0v) is 6.86. The quantitative estimate of drug-likeness (QED) is 0.670. The molecule has 0 aliphatic rings. The van der Waals surface area contributed by atoms with E-state index in [2.05, 4.69) is 0 Å². The van der Waals surface area contributed by atoms with Crippen LogP contribution < -0.4 is 4.74 Å². The molecule has 2 nitrogen and oxygen atoms in total. The Bertz CT molecular complexity index is 319. The highest BCUT2D eigenvalue weighted by Crippen LogP contribution is 2.26. The van der Waals surface area contributed by atoms with Gasteiger partial charge in [-0.3, -0.25) is 0 Å². The average Bonchev–Trinajstić information content (AvgIpc) is 2.13. The van der Waals surface area contributed by atoms with E-state index in [4.69, 9.17) is 7.48 Å². The predicted molar refractivity (Wildman–Crippen MR) is 44.1 cm³/mol. The summed E-state index contributed by atoms with van der Waals surface area (Å²) in [6.07, 6.45) is 0. The molecular weight excluding hydrogens is 140 g/mol. The van der Waals surface area contributed by atoms with Crippen LogP contribution in [0.4, 0.5) is 0 Å². The first-order valence-corrected chi connectivity index (χ1v) is 3.34. The molecule has 1 rings (SSSR count). The molecule has 1 N–H and O–H groups in total. The first kappa shape index (κ1) is 5.47. The SMILES string of the molecule is [2H]c1c(C)c(O)c(C)c([2H])c1OC.